The van der Waals surface area contributed by atoms with Gasteiger partial charge in [-0.2, -0.15) is 0 Å². The Morgan fingerprint density at radius 2 is 2.32 bits per heavy atom. The third-order valence-corrected chi connectivity index (χ3v) is 4.29. The minimum absolute atomic E-state index is 0.133. The lowest BCUT2D eigenvalue weighted by molar-refractivity contribution is -0.129. The van der Waals surface area contributed by atoms with Crippen molar-refractivity contribution in [2.45, 2.75) is 18.3 Å². The molecule has 0 radical (unpaired) electrons. The molecule has 0 bridgehead atoms. The fourth-order valence-electron chi connectivity index (χ4n) is 2.61. The Bertz CT molecular complexity index is 655. The number of carbonyl (C=O) groups is 1. The van der Waals surface area contributed by atoms with E-state index in [-0.39, 0.29) is 11.9 Å². The van der Waals surface area contributed by atoms with Gasteiger partial charge in [-0.15, -0.1) is 11.6 Å². The number of carbonyl (C=O) groups excluding carboxylic acids is 1. The molecule has 0 spiro atoms. The van der Waals surface area contributed by atoms with Crippen molar-refractivity contribution in [3.05, 3.63) is 28.5 Å². The third kappa shape index (κ3) is 2.05. The average Bonchev–Trinajstić information content (AvgIpc) is 2.90. The smallest absolute Gasteiger partial charge is 0.245 e. The molecule has 4 nitrogen and oxygen atoms in total. The molecule has 1 aromatic heterocycles. The SMILES string of the molecule is CN1CCC(n2c(CCl)nc3cc(Br)ccc32)C1=O. The summed E-state index contributed by atoms with van der Waals surface area (Å²) in [5.74, 6) is 1.19. The molecule has 1 unspecified atom stereocenters. The van der Waals surface area contributed by atoms with Crippen molar-refractivity contribution in [2.75, 3.05) is 13.6 Å². The minimum Gasteiger partial charge on any atom is -0.344 e. The van der Waals surface area contributed by atoms with Gasteiger partial charge in [-0.3, -0.25) is 4.79 Å². The summed E-state index contributed by atoms with van der Waals surface area (Å²) in [5.41, 5.74) is 1.83. The molecule has 3 rings (SSSR count). The van der Waals surface area contributed by atoms with E-state index < -0.39 is 0 Å². The number of rotatable bonds is 2. The molecule has 0 N–H and O–H groups in total. The van der Waals surface area contributed by atoms with Gasteiger partial charge in [-0.05, 0) is 24.6 Å². The van der Waals surface area contributed by atoms with Crippen LogP contribution in [0.1, 0.15) is 18.3 Å². The average molecular weight is 343 g/mol. The topological polar surface area (TPSA) is 38.1 Å². The van der Waals surface area contributed by atoms with Crippen LogP contribution < -0.4 is 0 Å². The van der Waals surface area contributed by atoms with E-state index in [1.807, 2.05) is 29.8 Å². The van der Waals surface area contributed by atoms with Gasteiger partial charge in [0.05, 0.1) is 16.9 Å². The van der Waals surface area contributed by atoms with Crippen LogP contribution in [-0.4, -0.2) is 34.0 Å². The van der Waals surface area contributed by atoms with Crippen LogP contribution in [0.15, 0.2) is 22.7 Å². The molecule has 1 fully saturated rings. The highest BCUT2D eigenvalue weighted by Gasteiger charge is 2.33. The number of likely N-dealkylation sites (N-methyl/N-ethyl adjacent to an activating group) is 1. The van der Waals surface area contributed by atoms with E-state index in [4.69, 9.17) is 11.6 Å². The maximum atomic E-state index is 12.2. The quantitative estimate of drug-likeness (QED) is 0.787. The van der Waals surface area contributed by atoms with E-state index >= 15 is 0 Å². The van der Waals surface area contributed by atoms with Crippen LogP contribution >= 0.6 is 27.5 Å². The Hall–Kier alpha value is -1.07. The molecule has 1 aromatic carbocycles. The predicted molar refractivity (Wildman–Crippen MR) is 78.3 cm³/mol. The molecular formula is C13H13BrClN3O. The standard InChI is InChI=1S/C13H13BrClN3O/c1-17-5-4-11(13(17)19)18-10-3-2-8(14)6-9(10)16-12(18)7-15/h2-3,6,11H,4-5,7H2,1H3. The molecule has 1 saturated heterocycles. The number of likely N-dealkylation sites (tertiary alicyclic amines) is 1. The number of hydrogen-bond acceptors (Lipinski definition) is 2. The summed E-state index contributed by atoms with van der Waals surface area (Å²) in [4.78, 5) is 18.5. The van der Waals surface area contributed by atoms with Crippen molar-refractivity contribution >= 4 is 44.5 Å². The monoisotopic (exact) mass is 341 g/mol. The first-order chi connectivity index (χ1) is 9.11. The maximum Gasteiger partial charge on any atom is 0.245 e. The summed E-state index contributed by atoms with van der Waals surface area (Å²) in [6, 6.07) is 5.71. The van der Waals surface area contributed by atoms with E-state index in [0.717, 1.165) is 34.3 Å². The fraction of sp³-hybridized carbons (Fsp3) is 0.385. The number of hydrogen-bond donors (Lipinski definition) is 0. The van der Waals surface area contributed by atoms with Gasteiger partial charge in [-0.1, -0.05) is 15.9 Å². The first-order valence-electron chi connectivity index (χ1n) is 6.09. The highest BCUT2D eigenvalue weighted by molar-refractivity contribution is 9.10. The molecule has 100 valence electrons. The molecule has 1 amide bonds. The number of nitrogens with zero attached hydrogens (tertiary/aromatic N) is 3. The number of aromatic nitrogens is 2. The van der Waals surface area contributed by atoms with E-state index in [1.54, 1.807) is 4.90 Å². The van der Waals surface area contributed by atoms with Crippen LogP contribution in [0.3, 0.4) is 0 Å². The highest BCUT2D eigenvalue weighted by Crippen LogP contribution is 2.30. The van der Waals surface area contributed by atoms with Gasteiger partial charge >= 0.3 is 0 Å². The Morgan fingerprint density at radius 1 is 1.53 bits per heavy atom. The van der Waals surface area contributed by atoms with Crippen molar-refractivity contribution in [3.63, 3.8) is 0 Å². The van der Waals surface area contributed by atoms with Gasteiger partial charge in [0, 0.05) is 18.1 Å². The van der Waals surface area contributed by atoms with E-state index in [2.05, 4.69) is 20.9 Å². The van der Waals surface area contributed by atoms with Crippen LogP contribution in [-0.2, 0) is 10.7 Å². The first kappa shape index (κ1) is 12.9. The number of imidazole rings is 1. The largest absolute Gasteiger partial charge is 0.344 e. The van der Waals surface area contributed by atoms with Crippen molar-refractivity contribution in [3.8, 4) is 0 Å². The number of benzene rings is 1. The zero-order chi connectivity index (χ0) is 13.6. The number of alkyl halides is 1. The molecule has 19 heavy (non-hydrogen) atoms. The second kappa shape index (κ2) is 4.80. The molecule has 1 aliphatic heterocycles. The molecular weight excluding hydrogens is 330 g/mol. The minimum atomic E-state index is -0.176. The van der Waals surface area contributed by atoms with Crippen molar-refractivity contribution in [2.24, 2.45) is 0 Å². The van der Waals surface area contributed by atoms with Gasteiger partial charge in [0.1, 0.15) is 11.9 Å². The van der Waals surface area contributed by atoms with Gasteiger partial charge < -0.3 is 9.47 Å². The third-order valence-electron chi connectivity index (χ3n) is 3.56. The summed E-state index contributed by atoms with van der Waals surface area (Å²) < 4.78 is 2.96. The van der Waals surface area contributed by atoms with Crippen LogP contribution in [0.25, 0.3) is 11.0 Å². The summed E-state index contributed by atoms with van der Waals surface area (Å²) in [5, 5.41) is 0. The Labute approximate surface area is 124 Å². The van der Waals surface area contributed by atoms with Gasteiger partial charge in [0.25, 0.3) is 0 Å². The molecule has 0 saturated carbocycles. The van der Waals surface area contributed by atoms with Crippen LogP contribution in [0.4, 0.5) is 0 Å². The Kier molecular flexibility index (Phi) is 3.27. The molecule has 2 aromatic rings. The first-order valence-corrected chi connectivity index (χ1v) is 7.42. The van der Waals surface area contributed by atoms with Crippen molar-refractivity contribution in [1.82, 2.24) is 14.5 Å². The lowest BCUT2D eigenvalue weighted by Gasteiger charge is -2.15. The second-order valence-electron chi connectivity index (χ2n) is 4.73. The number of halogens is 2. The van der Waals surface area contributed by atoms with Crippen LogP contribution in [0.2, 0.25) is 0 Å². The summed E-state index contributed by atoms with van der Waals surface area (Å²) in [6.07, 6.45) is 0.806. The molecule has 1 atom stereocenters. The zero-order valence-corrected chi connectivity index (χ0v) is 12.8. The maximum absolute atomic E-state index is 12.2. The fourth-order valence-corrected chi connectivity index (χ4v) is 3.14. The lowest BCUT2D eigenvalue weighted by atomic mass is 10.2. The molecule has 1 aliphatic rings. The van der Waals surface area contributed by atoms with E-state index in [1.165, 1.54) is 0 Å². The Morgan fingerprint density at radius 3 is 2.95 bits per heavy atom. The predicted octanol–water partition coefficient (Wildman–Crippen LogP) is 2.94. The van der Waals surface area contributed by atoms with Gasteiger partial charge in [-0.25, -0.2) is 4.98 Å². The van der Waals surface area contributed by atoms with Crippen molar-refractivity contribution < 1.29 is 4.79 Å². The zero-order valence-electron chi connectivity index (χ0n) is 10.4. The van der Waals surface area contributed by atoms with E-state index in [0.29, 0.717) is 5.88 Å². The van der Waals surface area contributed by atoms with E-state index in [9.17, 15) is 4.79 Å². The van der Waals surface area contributed by atoms with Crippen molar-refractivity contribution in [1.29, 1.82) is 0 Å². The highest BCUT2D eigenvalue weighted by atomic mass is 79.9. The number of fused-ring (bicyclic) bond motifs is 1. The summed E-state index contributed by atoms with van der Waals surface area (Å²) in [7, 11) is 1.83. The Balaban J connectivity index is 2.19. The van der Waals surface area contributed by atoms with Gasteiger partial charge in [0.15, 0.2) is 0 Å². The van der Waals surface area contributed by atoms with Crippen LogP contribution in [0, 0.1) is 0 Å². The molecule has 6 heteroatoms. The molecule has 0 aliphatic carbocycles. The summed E-state index contributed by atoms with van der Waals surface area (Å²) >= 11 is 9.42. The normalized spacial score (nSPS) is 19.6. The summed E-state index contributed by atoms with van der Waals surface area (Å²) in [6.45, 7) is 0.779. The van der Waals surface area contributed by atoms with Gasteiger partial charge in [0.2, 0.25) is 5.91 Å². The lowest BCUT2D eigenvalue weighted by Crippen LogP contribution is -2.25. The number of amides is 1. The van der Waals surface area contributed by atoms with Crippen LogP contribution in [0.5, 0.6) is 0 Å². The molecule has 2 heterocycles. The second-order valence-corrected chi connectivity index (χ2v) is 5.91.